The van der Waals surface area contributed by atoms with E-state index in [1.54, 1.807) is 0 Å². The summed E-state index contributed by atoms with van der Waals surface area (Å²) in [4.78, 5) is 0. The number of aromatic nitrogens is 3. The van der Waals surface area contributed by atoms with Crippen LogP contribution in [0.4, 0.5) is 0 Å². The Morgan fingerprint density at radius 1 is 0.958 bits per heavy atom. The number of para-hydroxylation sites is 1. The summed E-state index contributed by atoms with van der Waals surface area (Å²) in [6.07, 6.45) is 0. The maximum atomic E-state index is 5.90. The minimum Gasteiger partial charge on any atom is -0.419 e. The Morgan fingerprint density at radius 2 is 1.71 bits per heavy atom. The molecule has 0 amide bonds. The summed E-state index contributed by atoms with van der Waals surface area (Å²) in [6.45, 7) is 4.87. The number of hydrogen-bond acceptors (Lipinski definition) is 3. The monoisotopic (exact) mass is 317 g/mol. The average molecular weight is 317 g/mol. The van der Waals surface area contributed by atoms with Crippen LogP contribution < -0.4 is 0 Å². The molecule has 24 heavy (non-hydrogen) atoms. The van der Waals surface area contributed by atoms with E-state index in [0.29, 0.717) is 11.8 Å². The Balaban J connectivity index is 1.86. The number of nitrogens with zero attached hydrogens (tertiary/aromatic N) is 3. The van der Waals surface area contributed by atoms with Crippen LogP contribution in [0.25, 0.3) is 22.5 Å². The second-order valence-corrected chi connectivity index (χ2v) is 6.26. The Bertz CT molecular complexity index is 967. The van der Waals surface area contributed by atoms with Crippen molar-refractivity contribution in [1.29, 1.82) is 0 Å². The summed E-state index contributed by atoms with van der Waals surface area (Å²) in [5, 5.41) is 9.62. The molecule has 0 bridgehead atoms. The molecule has 4 nitrogen and oxygen atoms in total. The second-order valence-electron chi connectivity index (χ2n) is 6.26. The van der Waals surface area contributed by atoms with Crippen molar-refractivity contribution in [3.05, 3.63) is 72.1 Å². The molecule has 0 saturated carbocycles. The van der Waals surface area contributed by atoms with Crippen molar-refractivity contribution < 1.29 is 4.42 Å². The lowest BCUT2D eigenvalue weighted by Crippen LogP contribution is -2.01. The molecule has 0 aliphatic carbocycles. The van der Waals surface area contributed by atoms with E-state index in [9.17, 15) is 0 Å². The van der Waals surface area contributed by atoms with Crippen LogP contribution >= 0.6 is 0 Å². The number of hydrogen-bond donors (Lipinski definition) is 0. The van der Waals surface area contributed by atoms with Crippen LogP contribution in [0.5, 0.6) is 0 Å². The molecule has 120 valence electrons. The lowest BCUT2D eigenvalue weighted by molar-refractivity contribution is 0.478. The van der Waals surface area contributed by atoms with Gasteiger partial charge in [0, 0.05) is 23.4 Å². The minimum atomic E-state index is 0.221. The summed E-state index contributed by atoms with van der Waals surface area (Å²) in [7, 11) is 0. The van der Waals surface area contributed by atoms with Gasteiger partial charge in [-0.25, -0.2) is 0 Å². The second kappa shape index (κ2) is 5.96. The average Bonchev–Trinajstić information content (AvgIpc) is 3.21. The van der Waals surface area contributed by atoms with Crippen LogP contribution in [0.15, 0.2) is 65.1 Å². The molecule has 0 aliphatic heterocycles. The lowest BCUT2D eigenvalue weighted by Gasteiger charge is -2.09. The highest BCUT2D eigenvalue weighted by atomic mass is 16.4. The van der Waals surface area contributed by atoms with E-state index in [1.165, 1.54) is 16.5 Å². The molecule has 4 heteroatoms. The summed E-state index contributed by atoms with van der Waals surface area (Å²) in [5.41, 5.74) is 3.36. The van der Waals surface area contributed by atoms with Gasteiger partial charge in [-0.1, -0.05) is 62.4 Å². The first-order valence-corrected chi connectivity index (χ1v) is 8.18. The molecule has 0 fully saturated rings. The molecule has 0 spiro atoms. The highest BCUT2D eigenvalue weighted by Crippen LogP contribution is 2.29. The first kappa shape index (κ1) is 14.7. The molecular weight excluding hydrogens is 298 g/mol. The van der Waals surface area contributed by atoms with Crippen molar-refractivity contribution in [2.45, 2.75) is 26.3 Å². The van der Waals surface area contributed by atoms with Gasteiger partial charge in [-0.3, -0.25) is 0 Å². The Kier molecular flexibility index (Phi) is 3.65. The fraction of sp³-hybridized carbons (Fsp3) is 0.200. The molecule has 0 N–H and O–H groups in total. The fourth-order valence-corrected chi connectivity index (χ4v) is 2.90. The van der Waals surface area contributed by atoms with Crippen molar-refractivity contribution in [1.82, 2.24) is 14.8 Å². The summed E-state index contributed by atoms with van der Waals surface area (Å²) in [6, 6.07) is 20.9. The molecule has 2 aromatic carbocycles. The maximum absolute atomic E-state index is 5.90. The molecule has 4 rings (SSSR count). The van der Waals surface area contributed by atoms with E-state index in [4.69, 9.17) is 4.42 Å². The van der Waals surface area contributed by atoms with Crippen LogP contribution in [-0.4, -0.2) is 14.8 Å². The standard InChI is InChI=1S/C20H19N3O/c1-14(2)19-21-22-20(24-19)18-12-16-10-6-7-11-17(16)23(18)13-15-8-4-3-5-9-15/h3-12,14H,13H2,1-2H3. The highest BCUT2D eigenvalue weighted by molar-refractivity contribution is 5.85. The fourth-order valence-electron chi connectivity index (χ4n) is 2.90. The molecular formula is C20H19N3O. The largest absolute Gasteiger partial charge is 0.419 e. The van der Waals surface area contributed by atoms with Gasteiger partial charge in [0.1, 0.15) is 5.69 Å². The molecule has 0 atom stereocenters. The van der Waals surface area contributed by atoms with Crippen LogP contribution in [0.3, 0.4) is 0 Å². The zero-order valence-electron chi connectivity index (χ0n) is 13.8. The van der Waals surface area contributed by atoms with Crippen molar-refractivity contribution in [2.24, 2.45) is 0 Å². The van der Waals surface area contributed by atoms with Gasteiger partial charge >= 0.3 is 0 Å². The smallest absolute Gasteiger partial charge is 0.264 e. The topological polar surface area (TPSA) is 43.9 Å². The van der Waals surface area contributed by atoms with Gasteiger partial charge in [0.05, 0.1) is 0 Å². The van der Waals surface area contributed by atoms with Gasteiger partial charge in [-0.15, -0.1) is 10.2 Å². The first-order chi connectivity index (χ1) is 11.7. The van der Waals surface area contributed by atoms with Crippen molar-refractivity contribution in [2.75, 3.05) is 0 Å². The zero-order chi connectivity index (χ0) is 16.5. The SMILES string of the molecule is CC(C)c1nnc(-c2cc3ccccc3n2Cc2ccccc2)o1. The first-order valence-electron chi connectivity index (χ1n) is 8.18. The van der Waals surface area contributed by atoms with Gasteiger partial charge in [0.2, 0.25) is 5.89 Å². The lowest BCUT2D eigenvalue weighted by atomic mass is 10.2. The third kappa shape index (κ3) is 2.60. The number of rotatable bonds is 4. The third-order valence-corrected chi connectivity index (χ3v) is 4.15. The summed E-state index contributed by atoms with van der Waals surface area (Å²) >= 11 is 0. The van der Waals surface area contributed by atoms with Gasteiger partial charge in [0.25, 0.3) is 5.89 Å². The van der Waals surface area contributed by atoms with Crippen molar-refractivity contribution >= 4 is 10.9 Å². The zero-order valence-corrected chi connectivity index (χ0v) is 13.8. The summed E-state index contributed by atoms with van der Waals surface area (Å²) in [5.74, 6) is 1.46. The van der Waals surface area contributed by atoms with E-state index in [0.717, 1.165) is 12.2 Å². The number of fused-ring (bicyclic) bond motifs is 1. The molecule has 2 aromatic heterocycles. The molecule has 0 aliphatic rings. The molecule has 0 unspecified atom stereocenters. The summed E-state index contributed by atoms with van der Waals surface area (Å²) < 4.78 is 8.13. The van der Waals surface area contributed by atoms with E-state index >= 15 is 0 Å². The number of benzene rings is 2. The Hall–Kier alpha value is -2.88. The van der Waals surface area contributed by atoms with E-state index < -0.39 is 0 Å². The molecule has 0 saturated heterocycles. The van der Waals surface area contributed by atoms with Crippen LogP contribution in [0.2, 0.25) is 0 Å². The quantitative estimate of drug-likeness (QED) is 0.540. The van der Waals surface area contributed by atoms with E-state index in [-0.39, 0.29) is 5.92 Å². The van der Waals surface area contributed by atoms with Crippen LogP contribution in [0.1, 0.15) is 31.2 Å². The van der Waals surface area contributed by atoms with E-state index in [2.05, 4.69) is 77.1 Å². The predicted molar refractivity (Wildman–Crippen MR) is 94.9 cm³/mol. The molecule has 4 aromatic rings. The van der Waals surface area contributed by atoms with Gasteiger partial charge < -0.3 is 8.98 Å². The van der Waals surface area contributed by atoms with Crippen LogP contribution in [0, 0.1) is 0 Å². The maximum Gasteiger partial charge on any atom is 0.264 e. The van der Waals surface area contributed by atoms with Gasteiger partial charge in [0.15, 0.2) is 0 Å². The normalized spacial score (nSPS) is 11.5. The minimum absolute atomic E-state index is 0.221. The Labute approximate surface area is 140 Å². The predicted octanol–water partition coefficient (Wildman–Crippen LogP) is 4.86. The molecule has 0 radical (unpaired) electrons. The van der Waals surface area contributed by atoms with Crippen LogP contribution in [-0.2, 0) is 6.54 Å². The third-order valence-electron chi connectivity index (χ3n) is 4.15. The van der Waals surface area contributed by atoms with E-state index in [1.807, 2.05) is 12.1 Å². The Morgan fingerprint density at radius 3 is 2.46 bits per heavy atom. The molecule has 2 heterocycles. The highest BCUT2D eigenvalue weighted by Gasteiger charge is 2.17. The van der Waals surface area contributed by atoms with Gasteiger partial charge in [-0.05, 0) is 17.7 Å². The van der Waals surface area contributed by atoms with Gasteiger partial charge in [-0.2, -0.15) is 0 Å². The van der Waals surface area contributed by atoms with Crippen molar-refractivity contribution in [3.63, 3.8) is 0 Å². The van der Waals surface area contributed by atoms with Crippen molar-refractivity contribution in [3.8, 4) is 11.6 Å².